The third-order valence-corrected chi connectivity index (χ3v) is 6.12. The van der Waals surface area contributed by atoms with Crippen LogP contribution in [0.3, 0.4) is 0 Å². The van der Waals surface area contributed by atoms with Crippen LogP contribution in [0.25, 0.3) is 0 Å². The van der Waals surface area contributed by atoms with Crippen LogP contribution >= 0.6 is 34.4 Å². The molecule has 0 aromatic heterocycles. The van der Waals surface area contributed by atoms with Gasteiger partial charge in [-0.2, -0.15) is 11.8 Å². The van der Waals surface area contributed by atoms with E-state index in [2.05, 4.69) is 61.4 Å². The van der Waals surface area contributed by atoms with E-state index in [0.29, 0.717) is 10.2 Å². The minimum Gasteiger partial charge on any atom is -0.303 e. The summed E-state index contributed by atoms with van der Waals surface area (Å²) in [6, 6.07) is 0. The average molecular weight is 369 g/mol. The van der Waals surface area contributed by atoms with Crippen molar-refractivity contribution in [3.63, 3.8) is 0 Å². The van der Waals surface area contributed by atoms with E-state index in [1.807, 2.05) is 11.8 Å². The lowest BCUT2D eigenvalue weighted by atomic mass is 9.82. The molecule has 1 aliphatic rings. The van der Waals surface area contributed by atoms with Gasteiger partial charge >= 0.3 is 0 Å². The minimum absolute atomic E-state index is 0.408. The van der Waals surface area contributed by atoms with Gasteiger partial charge in [-0.25, -0.2) is 0 Å². The van der Waals surface area contributed by atoms with Gasteiger partial charge in [0.1, 0.15) is 0 Å². The molecule has 1 nitrogen and oxygen atoms in total. The van der Waals surface area contributed by atoms with E-state index in [-0.39, 0.29) is 0 Å². The zero-order chi connectivity index (χ0) is 13.1. The molecule has 0 atom stereocenters. The lowest BCUT2D eigenvalue weighted by molar-refractivity contribution is 0.143. The molecule has 0 amide bonds. The quantitative estimate of drug-likeness (QED) is 0.521. The number of alkyl halides is 1. The van der Waals surface area contributed by atoms with Crippen molar-refractivity contribution in [3.8, 4) is 0 Å². The van der Waals surface area contributed by atoms with E-state index in [4.69, 9.17) is 0 Å². The molecule has 0 aromatic rings. The molecule has 3 heteroatoms. The Bertz CT molecular complexity index is 232. The molecule has 0 spiro atoms. The second-order valence-corrected chi connectivity index (χ2v) is 10.0. The fourth-order valence-corrected chi connectivity index (χ4v) is 4.04. The summed E-state index contributed by atoms with van der Waals surface area (Å²) in [5, 5.41) is 0. The number of hydrogen-bond donors (Lipinski definition) is 0. The second-order valence-electron chi connectivity index (χ2n) is 6.76. The lowest BCUT2D eigenvalue weighted by Gasteiger charge is -2.39. The van der Waals surface area contributed by atoms with E-state index >= 15 is 0 Å². The summed E-state index contributed by atoms with van der Waals surface area (Å²) in [7, 11) is 0. The summed E-state index contributed by atoms with van der Waals surface area (Å²) in [5.74, 6) is 0. The van der Waals surface area contributed by atoms with E-state index in [9.17, 15) is 0 Å². The SMILES string of the molecule is CSC(C)(C)CC(C)(C)CN1CCC(I)CC1. The van der Waals surface area contributed by atoms with Crippen molar-refractivity contribution in [3.05, 3.63) is 0 Å². The number of rotatable bonds is 5. The first-order valence-corrected chi connectivity index (χ1v) is 9.13. The monoisotopic (exact) mass is 369 g/mol. The molecule has 1 rings (SSSR count). The molecular weight excluding hydrogens is 341 g/mol. The van der Waals surface area contributed by atoms with Crippen LogP contribution in [-0.2, 0) is 0 Å². The van der Waals surface area contributed by atoms with Crippen molar-refractivity contribution in [2.75, 3.05) is 25.9 Å². The van der Waals surface area contributed by atoms with E-state index in [1.165, 1.54) is 38.9 Å². The Labute approximate surface area is 126 Å². The van der Waals surface area contributed by atoms with Crippen LogP contribution in [0, 0.1) is 5.41 Å². The lowest BCUT2D eigenvalue weighted by Crippen LogP contribution is -2.42. The predicted molar refractivity (Wildman–Crippen MR) is 89.5 cm³/mol. The summed E-state index contributed by atoms with van der Waals surface area (Å²) in [6.07, 6.45) is 6.29. The molecular formula is C14H28INS. The molecule has 0 bridgehead atoms. The van der Waals surface area contributed by atoms with E-state index in [0.717, 1.165) is 3.92 Å². The summed E-state index contributed by atoms with van der Waals surface area (Å²) >= 11 is 4.60. The van der Waals surface area contributed by atoms with Crippen molar-refractivity contribution in [1.82, 2.24) is 4.90 Å². The molecule has 0 aliphatic carbocycles. The zero-order valence-electron chi connectivity index (χ0n) is 12.1. The van der Waals surface area contributed by atoms with Gasteiger partial charge < -0.3 is 4.90 Å². The maximum absolute atomic E-state index is 2.67. The topological polar surface area (TPSA) is 3.24 Å². The summed E-state index contributed by atoms with van der Waals surface area (Å²) in [5.41, 5.74) is 0.435. The molecule has 1 saturated heterocycles. The van der Waals surface area contributed by atoms with Gasteiger partial charge in [-0.15, -0.1) is 0 Å². The first-order valence-electron chi connectivity index (χ1n) is 6.66. The van der Waals surface area contributed by atoms with Crippen LogP contribution in [0.4, 0.5) is 0 Å². The number of nitrogens with zero attached hydrogens (tertiary/aromatic N) is 1. The highest BCUT2D eigenvalue weighted by Crippen LogP contribution is 2.36. The highest BCUT2D eigenvalue weighted by molar-refractivity contribution is 14.1. The van der Waals surface area contributed by atoms with Crippen LogP contribution in [0.2, 0.25) is 0 Å². The molecule has 0 saturated carbocycles. The first-order chi connectivity index (χ1) is 7.74. The number of hydrogen-bond acceptors (Lipinski definition) is 2. The molecule has 102 valence electrons. The van der Waals surface area contributed by atoms with E-state index in [1.54, 1.807) is 0 Å². The Hall–Kier alpha value is 1.04. The molecule has 1 aliphatic heterocycles. The van der Waals surface area contributed by atoms with Gasteiger partial charge in [0, 0.05) is 15.2 Å². The highest BCUT2D eigenvalue weighted by Gasteiger charge is 2.30. The number of halogens is 1. The first kappa shape index (κ1) is 16.1. The van der Waals surface area contributed by atoms with Gasteiger partial charge in [0.2, 0.25) is 0 Å². The van der Waals surface area contributed by atoms with Gasteiger partial charge in [0.25, 0.3) is 0 Å². The number of likely N-dealkylation sites (tertiary alicyclic amines) is 1. The Balaban J connectivity index is 2.43. The van der Waals surface area contributed by atoms with Gasteiger partial charge in [-0.1, -0.05) is 50.3 Å². The summed E-state index contributed by atoms with van der Waals surface area (Å²) in [4.78, 5) is 2.67. The van der Waals surface area contributed by atoms with Crippen LogP contribution in [0.1, 0.15) is 47.0 Å². The zero-order valence-corrected chi connectivity index (χ0v) is 15.0. The maximum atomic E-state index is 2.67. The molecule has 17 heavy (non-hydrogen) atoms. The number of piperidine rings is 1. The van der Waals surface area contributed by atoms with Crippen molar-refractivity contribution in [1.29, 1.82) is 0 Å². The van der Waals surface area contributed by atoms with Gasteiger partial charge in [-0.05, 0) is 44.0 Å². The van der Waals surface area contributed by atoms with Crippen LogP contribution < -0.4 is 0 Å². The Morgan fingerprint density at radius 2 is 1.71 bits per heavy atom. The third kappa shape index (κ3) is 6.15. The van der Waals surface area contributed by atoms with Gasteiger partial charge in [0.15, 0.2) is 0 Å². The predicted octanol–water partition coefficient (Wildman–Crippen LogP) is 4.44. The Kier molecular flexibility index (Phi) is 6.12. The molecule has 1 heterocycles. The molecule has 0 radical (unpaired) electrons. The van der Waals surface area contributed by atoms with Crippen LogP contribution in [-0.4, -0.2) is 39.5 Å². The smallest absolute Gasteiger partial charge is 0.0134 e. The normalized spacial score (nSPS) is 20.8. The minimum atomic E-state index is 0.408. The Morgan fingerprint density at radius 3 is 2.18 bits per heavy atom. The maximum Gasteiger partial charge on any atom is 0.0134 e. The fourth-order valence-electron chi connectivity index (χ4n) is 2.95. The third-order valence-electron chi connectivity index (χ3n) is 3.63. The molecule has 1 fully saturated rings. The molecule has 0 aromatic carbocycles. The molecule has 0 N–H and O–H groups in total. The van der Waals surface area contributed by atoms with E-state index < -0.39 is 0 Å². The standard InChI is InChI=1S/C14H28INS/c1-13(2,10-14(3,4)17-5)11-16-8-6-12(15)7-9-16/h12H,6-11H2,1-5H3. The average Bonchev–Trinajstić information content (AvgIpc) is 2.20. The van der Waals surface area contributed by atoms with Gasteiger partial charge in [0.05, 0.1) is 0 Å². The van der Waals surface area contributed by atoms with Crippen molar-refractivity contribution >= 4 is 34.4 Å². The Morgan fingerprint density at radius 1 is 1.18 bits per heavy atom. The highest BCUT2D eigenvalue weighted by atomic mass is 127. The van der Waals surface area contributed by atoms with Crippen molar-refractivity contribution in [2.24, 2.45) is 5.41 Å². The fraction of sp³-hybridized carbons (Fsp3) is 1.00. The second kappa shape index (κ2) is 6.47. The number of thioether (sulfide) groups is 1. The molecule has 0 unspecified atom stereocenters. The summed E-state index contributed by atoms with van der Waals surface area (Å²) in [6.45, 7) is 13.5. The summed E-state index contributed by atoms with van der Waals surface area (Å²) < 4.78 is 1.32. The van der Waals surface area contributed by atoms with Gasteiger partial charge in [-0.3, -0.25) is 0 Å². The van der Waals surface area contributed by atoms with Crippen LogP contribution in [0.5, 0.6) is 0 Å². The largest absolute Gasteiger partial charge is 0.303 e. The van der Waals surface area contributed by atoms with Crippen molar-refractivity contribution in [2.45, 2.75) is 55.6 Å². The van der Waals surface area contributed by atoms with Crippen molar-refractivity contribution < 1.29 is 0 Å². The van der Waals surface area contributed by atoms with Crippen LogP contribution in [0.15, 0.2) is 0 Å².